The molecule has 1 unspecified atom stereocenters. The first-order valence-electron chi connectivity index (χ1n) is 13.6. The molecular formula is C32H29N3O6S. The van der Waals surface area contributed by atoms with Crippen LogP contribution in [0.2, 0.25) is 0 Å². The predicted octanol–water partition coefficient (Wildman–Crippen LogP) is 5.07. The molecular weight excluding hydrogens is 554 g/mol. The molecule has 214 valence electrons. The summed E-state index contributed by atoms with van der Waals surface area (Å²) >= 11 is 1.16. The van der Waals surface area contributed by atoms with Gasteiger partial charge in [-0.2, -0.15) is 0 Å². The van der Waals surface area contributed by atoms with Crippen LogP contribution in [0.4, 0.5) is 5.69 Å². The number of allylic oxidation sites excluding steroid dienone is 1. The number of non-ortho nitro benzene ring substituents is 1. The average Bonchev–Trinajstić information content (AvgIpc) is 3.30. The number of hydrogen-bond acceptors (Lipinski definition) is 8. The highest BCUT2D eigenvalue weighted by molar-refractivity contribution is 7.07. The molecule has 10 heteroatoms. The summed E-state index contributed by atoms with van der Waals surface area (Å²) in [6.45, 7) is 4.49. The van der Waals surface area contributed by atoms with Crippen molar-refractivity contribution in [1.29, 1.82) is 0 Å². The molecule has 0 saturated carbocycles. The Balaban J connectivity index is 1.57. The Bertz CT molecular complexity index is 1820. The highest BCUT2D eigenvalue weighted by Gasteiger charge is 2.33. The number of fused-ring (bicyclic) bond motifs is 1. The zero-order chi connectivity index (χ0) is 29.6. The number of unbranched alkanes of at least 4 members (excludes halogenated alkanes) is 1. The van der Waals surface area contributed by atoms with Gasteiger partial charge >= 0.3 is 5.97 Å². The van der Waals surface area contributed by atoms with Crippen molar-refractivity contribution in [2.24, 2.45) is 4.99 Å². The Labute approximate surface area is 245 Å². The van der Waals surface area contributed by atoms with E-state index in [4.69, 9.17) is 9.47 Å². The number of carbonyl (C=O) groups is 1. The van der Waals surface area contributed by atoms with Crippen molar-refractivity contribution in [3.05, 3.63) is 137 Å². The number of thiazole rings is 1. The van der Waals surface area contributed by atoms with E-state index in [0.717, 1.165) is 29.7 Å². The molecule has 0 aliphatic carbocycles. The molecule has 1 aliphatic heterocycles. The van der Waals surface area contributed by atoms with Crippen LogP contribution in [0.5, 0.6) is 5.75 Å². The Morgan fingerprint density at radius 3 is 2.57 bits per heavy atom. The largest absolute Gasteiger partial charge is 0.494 e. The number of benzene rings is 3. The Morgan fingerprint density at radius 1 is 1.10 bits per heavy atom. The van der Waals surface area contributed by atoms with Crippen molar-refractivity contribution in [3.63, 3.8) is 0 Å². The first kappa shape index (κ1) is 28.7. The van der Waals surface area contributed by atoms with Gasteiger partial charge in [0.15, 0.2) is 4.80 Å². The lowest BCUT2D eigenvalue weighted by Crippen LogP contribution is -2.39. The fourth-order valence-corrected chi connectivity index (χ4v) is 5.71. The Hall–Kier alpha value is -4.83. The van der Waals surface area contributed by atoms with Gasteiger partial charge in [-0.3, -0.25) is 19.5 Å². The second-order valence-corrected chi connectivity index (χ2v) is 10.8. The predicted molar refractivity (Wildman–Crippen MR) is 160 cm³/mol. The van der Waals surface area contributed by atoms with E-state index in [2.05, 4.69) is 11.9 Å². The summed E-state index contributed by atoms with van der Waals surface area (Å²) in [5, 5.41) is 11.3. The fourth-order valence-electron chi connectivity index (χ4n) is 4.66. The summed E-state index contributed by atoms with van der Waals surface area (Å²) < 4.78 is 13.4. The van der Waals surface area contributed by atoms with Gasteiger partial charge in [0.25, 0.3) is 11.2 Å². The van der Waals surface area contributed by atoms with Crippen molar-refractivity contribution in [2.75, 3.05) is 6.61 Å². The van der Waals surface area contributed by atoms with Crippen LogP contribution >= 0.6 is 11.3 Å². The monoisotopic (exact) mass is 583 g/mol. The smallest absolute Gasteiger partial charge is 0.338 e. The summed E-state index contributed by atoms with van der Waals surface area (Å²) in [6.07, 6.45) is 3.55. The van der Waals surface area contributed by atoms with Gasteiger partial charge in [0, 0.05) is 12.1 Å². The van der Waals surface area contributed by atoms with Gasteiger partial charge in [0.2, 0.25) is 0 Å². The van der Waals surface area contributed by atoms with Gasteiger partial charge in [0.1, 0.15) is 12.4 Å². The molecule has 9 nitrogen and oxygen atoms in total. The Morgan fingerprint density at radius 2 is 1.86 bits per heavy atom. The normalized spacial score (nSPS) is 14.7. The molecule has 3 aromatic carbocycles. The minimum absolute atomic E-state index is 0.0740. The van der Waals surface area contributed by atoms with Crippen LogP contribution in [-0.4, -0.2) is 22.1 Å². The maximum absolute atomic E-state index is 13.9. The van der Waals surface area contributed by atoms with Gasteiger partial charge < -0.3 is 9.47 Å². The van der Waals surface area contributed by atoms with Crippen LogP contribution < -0.4 is 19.6 Å². The lowest BCUT2D eigenvalue weighted by Gasteiger charge is -2.25. The molecule has 1 atom stereocenters. The van der Waals surface area contributed by atoms with E-state index >= 15 is 0 Å². The first-order chi connectivity index (χ1) is 20.4. The second-order valence-electron chi connectivity index (χ2n) is 9.77. The third kappa shape index (κ3) is 6.23. The summed E-state index contributed by atoms with van der Waals surface area (Å²) in [4.78, 5) is 43.3. The number of aromatic nitrogens is 1. The number of nitrogens with zero attached hydrogens (tertiary/aromatic N) is 3. The van der Waals surface area contributed by atoms with Gasteiger partial charge in [-0.15, -0.1) is 0 Å². The highest BCUT2D eigenvalue weighted by Crippen LogP contribution is 2.32. The molecule has 0 amide bonds. The number of nitro benzene ring substituents is 1. The summed E-state index contributed by atoms with van der Waals surface area (Å²) in [5.74, 6) is 0.125. The second kappa shape index (κ2) is 12.8. The zero-order valence-corrected chi connectivity index (χ0v) is 24.0. The van der Waals surface area contributed by atoms with E-state index in [-0.39, 0.29) is 23.4 Å². The van der Waals surface area contributed by atoms with Crippen LogP contribution in [0, 0.1) is 10.1 Å². The summed E-state index contributed by atoms with van der Waals surface area (Å²) in [7, 11) is 0. The first-order valence-corrected chi connectivity index (χ1v) is 14.4. The fraction of sp³-hybridized carbons (Fsp3) is 0.219. The van der Waals surface area contributed by atoms with E-state index in [1.54, 1.807) is 25.1 Å². The maximum atomic E-state index is 13.9. The van der Waals surface area contributed by atoms with Crippen molar-refractivity contribution in [2.45, 2.75) is 39.3 Å². The molecule has 4 aromatic rings. The summed E-state index contributed by atoms with van der Waals surface area (Å²) in [6, 6.07) is 22.0. The lowest BCUT2D eigenvalue weighted by molar-refractivity contribution is -0.384. The quantitative estimate of drug-likeness (QED) is 0.112. The number of hydrogen-bond donors (Lipinski definition) is 0. The summed E-state index contributed by atoms with van der Waals surface area (Å²) in [5.41, 5.74) is 2.32. The number of carbonyl (C=O) groups excluding carboxylic acids is 1. The molecule has 0 radical (unpaired) electrons. The van der Waals surface area contributed by atoms with Gasteiger partial charge in [-0.25, -0.2) is 9.79 Å². The van der Waals surface area contributed by atoms with Crippen LogP contribution in [0.3, 0.4) is 0 Å². The van der Waals surface area contributed by atoms with E-state index < -0.39 is 16.9 Å². The molecule has 1 aromatic heterocycles. The van der Waals surface area contributed by atoms with Gasteiger partial charge in [-0.1, -0.05) is 79.3 Å². The van der Waals surface area contributed by atoms with E-state index in [1.165, 1.54) is 16.7 Å². The standard InChI is InChI=1S/C32H29N3O6S/c1-3-4-17-40-26-15-13-24(14-16-26)29-28(31(37)41-20-22-9-6-5-7-10-22)21(2)33-32-34(29)30(36)27(42-32)19-23-11-8-12-25(18-23)35(38)39/h5-16,18-19,29H,3-4,17,20H2,1-2H3. The molecule has 42 heavy (non-hydrogen) atoms. The van der Waals surface area contributed by atoms with E-state index in [1.807, 2.05) is 54.6 Å². The average molecular weight is 584 g/mol. The third-order valence-electron chi connectivity index (χ3n) is 6.80. The molecule has 0 bridgehead atoms. The maximum Gasteiger partial charge on any atom is 0.338 e. The third-order valence-corrected chi connectivity index (χ3v) is 7.78. The number of ether oxygens (including phenoxy) is 2. The lowest BCUT2D eigenvalue weighted by atomic mass is 9.96. The van der Waals surface area contributed by atoms with Crippen molar-refractivity contribution in [1.82, 2.24) is 4.57 Å². The molecule has 0 spiro atoms. The van der Waals surface area contributed by atoms with Crippen LogP contribution in [0.15, 0.2) is 99.9 Å². The van der Waals surface area contributed by atoms with Crippen LogP contribution in [0.25, 0.3) is 6.08 Å². The van der Waals surface area contributed by atoms with Gasteiger partial charge in [0.05, 0.1) is 33.4 Å². The Kier molecular flexibility index (Phi) is 8.73. The minimum Gasteiger partial charge on any atom is -0.494 e. The topological polar surface area (TPSA) is 113 Å². The molecule has 1 aliphatic rings. The highest BCUT2D eigenvalue weighted by atomic mass is 32.1. The number of esters is 1. The molecule has 2 heterocycles. The molecule has 0 fully saturated rings. The number of rotatable bonds is 10. The zero-order valence-electron chi connectivity index (χ0n) is 23.2. The van der Waals surface area contributed by atoms with Crippen molar-refractivity contribution >= 4 is 29.1 Å². The minimum atomic E-state index is -0.790. The van der Waals surface area contributed by atoms with E-state index in [9.17, 15) is 19.7 Å². The number of nitro groups is 1. The molecule has 5 rings (SSSR count). The van der Waals surface area contributed by atoms with Crippen LogP contribution in [-0.2, 0) is 16.1 Å². The molecule has 0 N–H and O–H groups in total. The van der Waals surface area contributed by atoms with Gasteiger partial charge in [-0.05, 0) is 48.2 Å². The SMILES string of the molecule is CCCCOc1ccc(C2C(C(=O)OCc3ccccc3)=C(C)N=c3sc(=Cc4cccc([N+](=O)[O-])c4)c(=O)n32)cc1. The molecule has 0 saturated heterocycles. The van der Waals surface area contributed by atoms with E-state index in [0.29, 0.717) is 38.5 Å². The van der Waals surface area contributed by atoms with Crippen molar-refractivity contribution in [3.8, 4) is 5.75 Å². The van der Waals surface area contributed by atoms with Crippen LogP contribution in [0.1, 0.15) is 49.4 Å². The van der Waals surface area contributed by atoms with Crippen molar-refractivity contribution < 1.29 is 19.2 Å².